The number of carbonyl (C=O) groups excluding carboxylic acids is 1. The molecule has 0 aliphatic carbocycles. The lowest BCUT2D eigenvalue weighted by Gasteiger charge is -2.20. The Morgan fingerprint density at radius 1 is 0.683 bits per heavy atom. The van der Waals surface area contributed by atoms with Gasteiger partial charge in [0.15, 0.2) is 0 Å². The van der Waals surface area contributed by atoms with E-state index in [0.717, 1.165) is 4.47 Å². The summed E-state index contributed by atoms with van der Waals surface area (Å²) in [5.74, 6) is -2.49. The predicted octanol–water partition coefficient (Wildman–Crippen LogP) is 6.47. The second-order valence-electron chi connectivity index (χ2n) is 9.19. The van der Waals surface area contributed by atoms with E-state index in [0.29, 0.717) is 11.1 Å². The number of hydrogen-bond acceptors (Lipinski definition) is 8. The molecule has 0 aliphatic rings. The van der Waals surface area contributed by atoms with Crippen molar-refractivity contribution in [1.29, 1.82) is 0 Å². The van der Waals surface area contributed by atoms with E-state index in [1.54, 1.807) is 60.7 Å². The third-order valence-electron chi connectivity index (χ3n) is 6.72. The monoisotopic (exact) mass is 610 g/mol. The molecule has 0 unspecified atom stereocenters. The number of carbonyl (C=O) groups is 1. The predicted molar refractivity (Wildman–Crippen MR) is 155 cm³/mol. The Bertz CT molecular complexity index is 1960. The van der Waals surface area contributed by atoms with Crippen LogP contribution < -0.4 is 16.0 Å². The van der Waals surface area contributed by atoms with Gasteiger partial charge in [-0.15, -0.1) is 0 Å². The van der Waals surface area contributed by atoms with Gasteiger partial charge in [-0.1, -0.05) is 52.3 Å². The largest absolute Gasteiger partial charge is 0.507 e. The molecule has 2 aromatic heterocycles. The highest BCUT2D eigenvalue weighted by Gasteiger charge is 2.32. The van der Waals surface area contributed by atoms with Gasteiger partial charge in [0, 0.05) is 4.47 Å². The Balaban J connectivity index is 1.51. The van der Waals surface area contributed by atoms with Gasteiger partial charge in [0.2, 0.25) is 0 Å². The molecule has 6 aromatic rings. The maximum atomic E-state index is 13.3. The zero-order valence-electron chi connectivity index (χ0n) is 21.0. The quantitative estimate of drug-likeness (QED) is 0.129. The van der Waals surface area contributed by atoms with Gasteiger partial charge in [-0.05, 0) is 66.2 Å². The molecule has 0 radical (unpaired) electrons. The van der Waals surface area contributed by atoms with E-state index in [1.165, 1.54) is 36.4 Å². The Morgan fingerprint density at radius 2 is 1.17 bits per heavy atom. The first-order chi connectivity index (χ1) is 19.8. The van der Waals surface area contributed by atoms with Gasteiger partial charge < -0.3 is 23.8 Å². The zero-order valence-corrected chi connectivity index (χ0v) is 22.6. The standard InChI is InChI=1S/C32H19BrO8/c33-19-13-9-18(10-14-19)30(36)39-20-15-11-17(12-16-20)25(26-28(34)21-5-1-3-7-23(21)40-31(26)37)27-29(35)22-6-2-4-8-24(22)41-32(27)38/h1-16,25,34-35H. The van der Waals surface area contributed by atoms with Gasteiger partial charge in [0.1, 0.15) is 28.4 Å². The minimum atomic E-state index is -1.30. The molecule has 202 valence electrons. The molecule has 41 heavy (non-hydrogen) atoms. The fraction of sp³-hybridized carbons (Fsp3) is 0.0312. The van der Waals surface area contributed by atoms with E-state index in [1.807, 2.05) is 0 Å². The second-order valence-corrected chi connectivity index (χ2v) is 10.1. The number of ether oxygens (including phenoxy) is 1. The van der Waals surface area contributed by atoms with Crippen LogP contribution in [0.15, 0.2) is 120 Å². The summed E-state index contributed by atoms with van der Waals surface area (Å²) in [6.07, 6.45) is 0. The van der Waals surface area contributed by atoms with Crippen molar-refractivity contribution in [2.45, 2.75) is 5.92 Å². The average molecular weight is 611 g/mol. The van der Waals surface area contributed by atoms with Crippen LogP contribution >= 0.6 is 15.9 Å². The van der Waals surface area contributed by atoms with E-state index < -0.39 is 34.6 Å². The van der Waals surface area contributed by atoms with E-state index in [4.69, 9.17) is 13.6 Å². The van der Waals surface area contributed by atoms with Crippen LogP contribution in [-0.4, -0.2) is 16.2 Å². The molecule has 2 heterocycles. The normalized spacial score (nSPS) is 11.3. The van der Waals surface area contributed by atoms with Crippen LogP contribution in [0.3, 0.4) is 0 Å². The Hall–Kier alpha value is -5.15. The highest BCUT2D eigenvalue weighted by molar-refractivity contribution is 9.10. The SMILES string of the molecule is O=C(Oc1ccc(C(c2c(O)c3ccccc3oc2=O)c2c(O)c3ccccc3oc2=O)cc1)c1ccc(Br)cc1. The summed E-state index contributed by atoms with van der Waals surface area (Å²) >= 11 is 3.32. The Labute approximate surface area is 239 Å². The fourth-order valence-electron chi connectivity index (χ4n) is 4.76. The molecule has 9 heteroatoms. The van der Waals surface area contributed by atoms with E-state index >= 15 is 0 Å². The molecule has 0 saturated heterocycles. The number of rotatable bonds is 5. The number of benzene rings is 4. The van der Waals surface area contributed by atoms with E-state index in [9.17, 15) is 24.6 Å². The maximum Gasteiger partial charge on any atom is 0.344 e. The summed E-state index contributed by atoms with van der Waals surface area (Å²) in [7, 11) is 0. The lowest BCUT2D eigenvalue weighted by atomic mass is 9.84. The van der Waals surface area contributed by atoms with Crippen LogP contribution in [0.5, 0.6) is 17.2 Å². The molecule has 0 atom stereocenters. The summed E-state index contributed by atoms with van der Waals surface area (Å²) in [5, 5.41) is 23.1. The molecule has 6 rings (SSSR count). The van der Waals surface area contributed by atoms with Gasteiger partial charge in [0.25, 0.3) is 0 Å². The summed E-state index contributed by atoms with van der Waals surface area (Å²) < 4.78 is 17.3. The Kier molecular flexibility index (Phi) is 6.64. The average Bonchev–Trinajstić information content (AvgIpc) is 2.97. The van der Waals surface area contributed by atoms with Crippen LogP contribution in [0.1, 0.15) is 33.0 Å². The van der Waals surface area contributed by atoms with Crippen LogP contribution in [0.2, 0.25) is 0 Å². The van der Waals surface area contributed by atoms with E-state index in [-0.39, 0.29) is 38.8 Å². The smallest absolute Gasteiger partial charge is 0.344 e. The molecular weight excluding hydrogens is 592 g/mol. The molecule has 0 amide bonds. The first-order valence-corrected chi connectivity index (χ1v) is 13.2. The van der Waals surface area contributed by atoms with Gasteiger partial charge >= 0.3 is 17.2 Å². The van der Waals surface area contributed by atoms with Crippen molar-refractivity contribution in [3.63, 3.8) is 0 Å². The van der Waals surface area contributed by atoms with Crippen molar-refractivity contribution in [2.24, 2.45) is 0 Å². The molecule has 0 aliphatic heterocycles. The number of esters is 1. The minimum Gasteiger partial charge on any atom is -0.507 e. The van der Waals surface area contributed by atoms with Crippen molar-refractivity contribution in [2.75, 3.05) is 0 Å². The molecule has 0 saturated carbocycles. The molecule has 4 aromatic carbocycles. The van der Waals surface area contributed by atoms with Crippen molar-refractivity contribution in [1.82, 2.24) is 0 Å². The first-order valence-electron chi connectivity index (χ1n) is 12.4. The fourth-order valence-corrected chi connectivity index (χ4v) is 5.03. The van der Waals surface area contributed by atoms with Gasteiger partial charge in [-0.3, -0.25) is 0 Å². The third kappa shape index (κ3) is 4.76. The van der Waals surface area contributed by atoms with Crippen LogP contribution in [0.4, 0.5) is 0 Å². The summed E-state index contributed by atoms with van der Waals surface area (Å²) in [4.78, 5) is 39.2. The highest BCUT2D eigenvalue weighted by Crippen LogP contribution is 2.42. The lowest BCUT2D eigenvalue weighted by molar-refractivity contribution is 0.0734. The lowest BCUT2D eigenvalue weighted by Crippen LogP contribution is -2.21. The van der Waals surface area contributed by atoms with Gasteiger partial charge in [-0.25, -0.2) is 14.4 Å². The first kappa shape index (κ1) is 26.1. The third-order valence-corrected chi connectivity index (χ3v) is 7.25. The summed E-state index contributed by atoms with van der Waals surface area (Å²) in [5.41, 5.74) is -1.35. The molecule has 0 bridgehead atoms. The van der Waals surface area contributed by atoms with Crippen LogP contribution in [-0.2, 0) is 0 Å². The summed E-state index contributed by atoms with van der Waals surface area (Å²) in [6, 6.07) is 25.5. The topological polar surface area (TPSA) is 127 Å². The number of para-hydroxylation sites is 2. The molecule has 2 N–H and O–H groups in total. The number of fused-ring (bicyclic) bond motifs is 2. The number of halogens is 1. The number of hydrogen-bond donors (Lipinski definition) is 2. The molecule has 8 nitrogen and oxygen atoms in total. The minimum absolute atomic E-state index is 0.155. The highest BCUT2D eigenvalue weighted by atomic mass is 79.9. The molecule has 0 fully saturated rings. The maximum absolute atomic E-state index is 13.3. The van der Waals surface area contributed by atoms with Crippen LogP contribution in [0, 0.1) is 0 Å². The van der Waals surface area contributed by atoms with Gasteiger partial charge in [-0.2, -0.15) is 0 Å². The van der Waals surface area contributed by atoms with Crippen LogP contribution in [0.25, 0.3) is 21.9 Å². The molecule has 0 spiro atoms. The number of aromatic hydroxyl groups is 2. The van der Waals surface area contributed by atoms with Crippen molar-refractivity contribution >= 4 is 43.8 Å². The molecular formula is C32H19BrO8. The van der Waals surface area contributed by atoms with Crippen molar-refractivity contribution in [3.05, 3.63) is 145 Å². The Morgan fingerprint density at radius 3 is 1.68 bits per heavy atom. The second kappa shape index (κ2) is 10.4. The van der Waals surface area contributed by atoms with Gasteiger partial charge in [0.05, 0.1) is 33.4 Å². The summed E-state index contributed by atoms with van der Waals surface area (Å²) in [6.45, 7) is 0. The van der Waals surface area contributed by atoms with Crippen molar-refractivity contribution in [3.8, 4) is 17.2 Å². The van der Waals surface area contributed by atoms with Crippen molar-refractivity contribution < 1.29 is 28.6 Å². The van der Waals surface area contributed by atoms with E-state index in [2.05, 4.69) is 15.9 Å². The zero-order chi connectivity index (χ0) is 28.7.